The quantitative estimate of drug-likeness (QED) is 0.0799. The summed E-state index contributed by atoms with van der Waals surface area (Å²) >= 11 is 5.27. The highest BCUT2D eigenvalue weighted by molar-refractivity contribution is 7.18. The highest BCUT2D eigenvalue weighted by atomic mass is 32.1. The molecule has 0 radical (unpaired) electrons. The van der Waals surface area contributed by atoms with E-state index in [9.17, 15) is 0 Å². The van der Waals surface area contributed by atoms with Crippen molar-refractivity contribution in [1.82, 2.24) is 0 Å². The van der Waals surface area contributed by atoms with Crippen molar-refractivity contribution >= 4 is 161 Å². The van der Waals surface area contributed by atoms with E-state index in [1.807, 2.05) is 27.7 Å². The van der Waals surface area contributed by atoms with E-state index in [1.165, 1.54) is 62.6 Å². The molecule has 15 rings (SSSR count). The summed E-state index contributed by atoms with van der Waals surface area (Å²) in [6.45, 7) is 34.1. The number of hydrogen-bond donors (Lipinski definition) is 0. The average molecular weight is 1600 g/mol. The van der Waals surface area contributed by atoms with Crippen LogP contribution in [0.3, 0.4) is 0 Å². The van der Waals surface area contributed by atoms with Gasteiger partial charge in [0.05, 0.1) is 0 Å². The van der Waals surface area contributed by atoms with E-state index in [1.54, 1.807) is 76.7 Å². The van der Waals surface area contributed by atoms with Gasteiger partial charge in [0, 0.05) is 106 Å². The minimum absolute atomic E-state index is 0.228. The Morgan fingerprint density at radius 1 is 0.256 bits per heavy atom. The lowest BCUT2D eigenvalue weighted by Gasteiger charge is -2.35. The van der Waals surface area contributed by atoms with Crippen LogP contribution >= 0.6 is 34.0 Å². The molecule has 0 atom stereocenters. The van der Waals surface area contributed by atoms with E-state index >= 15 is 0 Å². The predicted molar refractivity (Wildman–Crippen MR) is 506 cm³/mol. The first-order valence-electron chi connectivity index (χ1n) is 41.0. The minimum atomic E-state index is -0.562. The standard InChI is InChI=1S/C40H44O2S.C36H36O2S.C32H28O2S/c1-25(2)39(41-9,26(3)4)18-15-32-34-21-29-13-11-12-14-30(29)22-35(34)33(16-19-40(42-10,27(5)6)28(7)8)37-24-38-31(17-20-43-38)23-36(32)37;1-7-35(8-2,37-5)18-15-28-30-21-25-13-11-12-14-26(25)22-31(30)29(16-19-36(9-3,10-4)38-6)33-24-34-27(17-20-39-34)23-32(28)33;1-31(2,33-5)14-11-24-26-17-21-9-7-8-10-22(21)18-27(26)25(12-15-32(3,4)34-6)29-20-30-23(13-16-35-30)19-28(24)29/h11-14,17,20-28H,1-10H3;11-14,17,20-24H,7-10H2,1-6H3;7-10,13,16-20H,1-6H3. The van der Waals surface area contributed by atoms with Gasteiger partial charge >= 0.3 is 0 Å². The average Bonchev–Trinajstić information content (AvgIpc) is 1.74. The van der Waals surface area contributed by atoms with Crippen LogP contribution in [0.15, 0.2) is 180 Å². The fourth-order valence-electron chi connectivity index (χ4n) is 16.6. The summed E-state index contributed by atoms with van der Waals surface area (Å²) < 4.78 is 39.2. The van der Waals surface area contributed by atoms with Gasteiger partial charge in [-0.05, 0) is 281 Å². The van der Waals surface area contributed by atoms with E-state index in [0.717, 1.165) is 124 Å². The van der Waals surface area contributed by atoms with E-state index in [-0.39, 0.29) is 23.7 Å². The van der Waals surface area contributed by atoms with Crippen molar-refractivity contribution in [3.63, 3.8) is 0 Å². The molecule has 0 N–H and O–H groups in total. The largest absolute Gasteiger partial charge is 0.366 e. The molecule has 9 heteroatoms. The first-order valence-corrected chi connectivity index (χ1v) is 43.7. The zero-order valence-corrected chi connectivity index (χ0v) is 74.6. The Morgan fingerprint density at radius 2 is 0.462 bits per heavy atom. The van der Waals surface area contributed by atoms with Gasteiger partial charge in [0.15, 0.2) is 0 Å². The summed E-state index contributed by atoms with van der Waals surface area (Å²) in [5.74, 6) is 43.8. The third kappa shape index (κ3) is 16.6. The lowest BCUT2D eigenvalue weighted by molar-refractivity contribution is -0.0338. The molecule has 0 bridgehead atoms. The Hall–Kier alpha value is -10.0. The second-order valence-electron chi connectivity index (χ2n) is 32.9. The van der Waals surface area contributed by atoms with Gasteiger partial charge < -0.3 is 28.4 Å². The van der Waals surface area contributed by atoms with Gasteiger partial charge in [0.1, 0.15) is 33.6 Å². The second kappa shape index (κ2) is 34.9. The Kier molecular flexibility index (Phi) is 25.3. The Morgan fingerprint density at radius 3 is 0.658 bits per heavy atom. The number of thiophene rings is 3. The van der Waals surface area contributed by atoms with Gasteiger partial charge in [-0.15, -0.1) is 34.0 Å². The van der Waals surface area contributed by atoms with Crippen molar-refractivity contribution in [2.45, 2.75) is 170 Å². The molecule has 0 unspecified atom stereocenters. The Bertz CT molecular complexity index is 6320. The van der Waals surface area contributed by atoms with Crippen LogP contribution in [-0.2, 0) is 28.4 Å². The normalized spacial score (nSPS) is 12.3. The maximum atomic E-state index is 6.18. The molecule has 0 saturated heterocycles. The van der Waals surface area contributed by atoms with Gasteiger partial charge in [-0.25, -0.2) is 0 Å². The number of benzene rings is 12. The van der Waals surface area contributed by atoms with Crippen LogP contribution in [-0.4, -0.2) is 76.3 Å². The van der Waals surface area contributed by atoms with E-state index in [0.29, 0.717) is 0 Å². The zero-order chi connectivity index (χ0) is 83.5. The molecule has 15 aromatic rings. The topological polar surface area (TPSA) is 55.4 Å². The third-order valence-electron chi connectivity index (χ3n) is 24.4. The number of ether oxygens (including phenoxy) is 6. The van der Waals surface area contributed by atoms with Crippen LogP contribution < -0.4 is 0 Å². The lowest BCUT2D eigenvalue weighted by atomic mass is 9.79. The fourth-order valence-corrected chi connectivity index (χ4v) is 19.0. The molecule has 0 saturated carbocycles. The van der Waals surface area contributed by atoms with Crippen molar-refractivity contribution in [1.29, 1.82) is 0 Å². The van der Waals surface area contributed by atoms with Gasteiger partial charge in [-0.3, -0.25) is 0 Å². The van der Waals surface area contributed by atoms with Crippen molar-refractivity contribution in [2.75, 3.05) is 42.7 Å². The fraction of sp³-hybridized carbons (Fsp3) is 0.333. The van der Waals surface area contributed by atoms with Crippen molar-refractivity contribution in [3.8, 4) is 71.0 Å². The number of fused-ring (bicyclic) bond motifs is 12. The highest BCUT2D eigenvalue weighted by Crippen LogP contribution is 2.44. The molecule has 3 aromatic heterocycles. The Labute approximate surface area is 705 Å². The van der Waals surface area contributed by atoms with Crippen LogP contribution in [0.5, 0.6) is 0 Å². The summed E-state index contributed by atoms with van der Waals surface area (Å²) in [4.78, 5) is 0. The number of rotatable bonds is 14. The third-order valence-corrected chi connectivity index (χ3v) is 27.1. The molecule has 117 heavy (non-hydrogen) atoms. The molecular weight excluding hydrogens is 1490 g/mol. The first-order chi connectivity index (χ1) is 56.1. The van der Waals surface area contributed by atoms with Gasteiger partial charge in [0.25, 0.3) is 0 Å². The molecular formula is C108H108O6S3. The lowest BCUT2D eigenvalue weighted by Crippen LogP contribution is -2.41. The number of hydrogen-bond acceptors (Lipinski definition) is 9. The molecule has 0 aliphatic heterocycles. The summed E-state index contributed by atoms with van der Waals surface area (Å²) in [5.41, 5.74) is 2.99. The van der Waals surface area contributed by atoms with E-state index in [2.05, 4.69) is 334 Å². The summed E-state index contributed by atoms with van der Waals surface area (Å²) in [6, 6.07) is 59.5. The van der Waals surface area contributed by atoms with Crippen molar-refractivity contribution < 1.29 is 28.4 Å². The maximum absolute atomic E-state index is 6.18. The SMILES string of the molecule is CCC(C#Cc1c2cc3ccccc3cc2c(C#CC(CC)(CC)OC)c2cc3sccc3cc12)(CC)OC.COC(C#Cc1c2cc3ccccc3cc2c(C#CC(OC)(C(C)C)C(C)C)c2cc3sccc3cc12)(C(C)C)C(C)C.COC(C)(C)C#Cc1c2cc3ccccc3cc2c(C#CC(C)(C)OC)c2cc3sccc3cc12. The molecule has 6 nitrogen and oxygen atoms in total. The molecule has 594 valence electrons. The Balaban J connectivity index is 0.000000153. The first kappa shape index (κ1) is 84.9. The van der Waals surface area contributed by atoms with Crippen LogP contribution in [0.4, 0.5) is 0 Å². The molecule has 0 aliphatic rings. The summed E-state index contributed by atoms with van der Waals surface area (Å²) in [7, 11) is 10.5. The van der Waals surface area contributed by atoms with Crippen molar-refractivity contribution in [3.05, 3.63) is 213 Å². The molecule has 0 amide bonds. The van der Waals surface area contributed by atoms with Crippen LogP contribution in [0, 0.1) is 94.7 Å². The second-order valence-corrected chi connectivity index (χ2v) is 35.7. The van der Waals surface area contributed by atoms with Crippen LogP contribution in [0.1, 0.15) is 170 Å². The van der Waals surface area contributed by atoms with Crippen LogP contribution in [0.25, 0.3) is 127 Å². The van der Waals surface area contributed by atoms with E-state index in [4.69, 9.17) is 28.4 Å². The molecule has 0 spiro atoms. The molecule has 0 fully saturated rings. The van der Waals surface area contributed by atoms with Crippen molar-refractivity contribution in [2.24, 2.45) is 23.7 Å². The predicted octanol–water partition coefficient (Wildman–Crippen LogP) is 27.8. The minimum Gasteiger partial charge on any atom is -0.366 e. The van der Waals surface area contributed by atoms with Gasteiger partial charge in [-0.1, -0.05) is 227 Å². The smallest absolute Gasteiger partial charge is 0.133 e. The van der Waals surface area contributed by atoms with E-state index < -0.39 is 33.6 Å². The number of methoxy groups -OCH3 is 6. The summed E-state index contributed by atoms with van der Waals surface area (Å²) in [5, 5.41) is 30.7. The molecule has 3 heterocycles. The monoisotopic (exact) mass is 1600 g/mol. The summed E-state index contributed by atoms with van der Waals surface area (Å²) in [6.07, 6.45) is 3.32. The highest BCUT2D eigenvalue weighted by Gasteiger charge is 2.37. The van der Waals surface area contributed by atoms with Gasteiger partial charge in [-0.2, -0.15) is 0 Å². The maximum Gasteiger partial charge on any atom is 0.133 e. The molecule has 12 aromatic carbocycles. The van der Waals surface area contributed by atoms with Crippen LogP contribution in [0.2, 0.25) is 0 Å². The molecule has 0 aliphatic carbocycles. The zero-order valence-electron chi connectivity index (χ0n) is 72.1. The van der Waals surface area contributed by atoms with Gasteiger partial charge in [0.2, 0.25) is 0 Å².